The van der Waals surface area contributed by atoms with Crippen molar-refractivity contribution in [1.29, 1.82) is 0 Å². The largest absolute Gasteiger partial charge is 0.472 e. The van der Waals surface area contributed by atoms with E-state index in [1.54, 1.807) is 0 Å². The second kappa shape index (κ2) is 40.2. The van der Waals surface area contributed by atoms with Gasteiger partial charge >= 0.3 is 19.8 Å². The number of hydrogen-bond acceptors (Lipinski definition) is 7. The molecule has 0 rings (SSSR count). The van der Waals surface area contributed by atoms with Crippen LogP contribution in [0.2, 0.25) is 0 Å². The van der Waals surface area contributed by atoms with Crippen molar-refractivity contribution in [1.82, 2.24) is 0 Å². The van der Waals surface area contributed by atoms with Crippen molar-refractivity contribution in [2.24, 2.45) is 0 Å². The van der Waals surface area contributed by atoms with Gasteiger partial charge in [0.05, 0.1) is 6.61 Å². The molecule has 0 radical (unpaired) electrons. The van der Waals surface area contributed by atoms with Crippen molar-refractivity contribution in [2.75, 3.05) is 20.3 Å². The van der Waals surface area contributed by atoms with Crippen LogP contribution in [0, 0.1) is 0 Å². The lowest BCUT2D eigenvalue weighted by molar-refractivity contribution is -0.161. The molecule has 0 fully saturated rings. The number of esters is 2. The summed E-state index contributed by atoms with van der Waals surface area (Å²) in [5, 5.41) is 0. The number of rotatable bonds is 38. The Balaban J connectivity index is 4.11. The van der Waals surface area contributed by atoms with Gasteiger partial charge in [-0.1, -0.05) is 151 Å². The lowest BCUT2D eigenvalue weighted by Gasteiger charge is -2.19. The standard InChI is InChI=1S/C45H77O8P/c1-4-6-8-10-12-14-16-18-20-22-23-24-26-28-30-32-34-36-38-40-45(47)53-43(42-52-54(48,49)50-3)41-51-44(46)39-37-35-33-31-29-27-25-21-19-17-15-13-11-9-7-5-2/h6,8,12,14,18,20-21,23-25,28,30,43H,4-5,7,9-11,13,15-17,19,22,26-27,29,31-42H2,1-3H3,(H,48,49)/b8-6-,14-12-,20-18-,24-23-,25-21-,30-28-. The van der Waals surface area contributed by atoms with E-state index < -0.39 is 32.5 Å². The SMILES string of the molecule is CC/C=C\C/C=C\C/C=C\C/C=C\C/C=C\CCCCCC(=O)OC(COC(=O)CCCCCCC/C=C\CCCCCCCCC)COP(=O)(O)OC. The van der Waals surface area contributed by atoms with Crippen molar-refractivity contribution in [2.45, 2.75) is 180 Å². The molecular weight excluding hydrogens is 699 g/mol. The Morgan fingerprint density at radius 1 is 0.537 bits per heavy atom. The van der Waals surface area contributed by atoms with Crippen LogP contribution in [-0.4, -0.2) is 43.3 Å². The van der Waals surface area contributed by atoms with Gasteiger partial charge in [0.1, 0.15) is 6.61 Å². The Kier molecular flexibility index (Phi) is 38.3. The predicted octanol–water partition coefficient (Wildman–Crippen LogP) is 13.3. The third-order valence-corrected chi connectivity index (χ3v) is 9.62. The molecule has 54 heavy (non-hydrogen) atoms. The number of unbranched alkanes of at least 4 members (excludes halogenated alkanes) is 15. The van der Waals surface area contributed by atoms with E-state index in [9.17, 15) is 19.0 Å². The van der Waals surface area contributed by atoms with Gasteiger partial charge in [-0.3, -0.25) is 18.6 Å². The molecule has 0 saturated carbocycles. The van der Waals surface area contributed by atoms with E-state index in [2.05, 4.69) is 91.3 Å². The van der Waals surface area contributed by atoms with E-state index in [-0.39, 0.29) is 19.4 Å². The Bertz CT molecular complexity index is 1110. The van der Waals surface area contributed by atoms with Gasteiger partial charge in [-0.25, -0.2) is 4.57 Å². The van der Waals surface area contributed by atoms with Gasteiger partial charge in [0.15, 0.2) is 6.10 Å². The molecule has 2 atom stereocenters. The maximum Gasteiger partial charge on any atom is 0.472 e. The first-order chi connectivity index (χ1) is 26.3. The molecular formula is C45H77O8P. The van der Waals surface area contributed by atoms with Gasteiger partial charge in [0.2, 0.25) is 0 Å². The third kappa shape index (κ3) is 39.2. The second-order valence-corrected chi connectivity index (χ2v) is 15.3. The Morgan fingerprint density at radius 3 is 1.44 bits per heavy atom. The minimum absolute atomic E-state index is 0.201. The molecule has 0 aromatic rings. The van der Waals surface area contributed by atoms with Crippen LogP contribution in [0.1, 0.15) is 174 Å². The first kappa shape index (κ1) is 51.5. The van der Waals surface area contributed by atoms with Gasteiger partial charge in [-0.2, -0.15) is 0 Å². The average Bonchev–Trinajstić information content (AvgIpc) is 3.16. The van der Waals surface area contributed by atoms with Gasteiger partial charge in [-0.15, -0.1) is 0 Å². The molecule has 0 aromatic heterocycles. The van der Waals surface area contributed by atoms with Crippen LogP contribution in [0.25, 0.3) is 0 Å². The number of hydrogen-bond donors (Lipinski definition) is 1. The molecule has 0 aliphatic rings. The molecule has 2 unspecified atom stereocenters. The minimum Gasteiger partial charge on any atom is -0.462 e. The third-order valence-electron chi connectivity index (χ3n) is 8.68. The van der Waals surface area contributed by atoms with Crippen LogP contribution in [0.5, 0.6) is 0 Å². The van der Waals surface area contributed by atoms with Crippen LogP contribution in [0.4, 0.5) is 0 Å². The molecule has 9 heteroatoms. The first-order valence-electron chi connectivity index (χ1n) is 21.1. The monoisotopic (exact) mass is 777 g/mol. The van der Waals surface area contributed by atoms with Crippen molar-refractivity contribution in [3.63, 3.8) is 0 Å². The fourth-order valence-corrected chi connectivity index (χ4v) is 5.90. The quantitative estimate of drug-likeness (QED) is 0.0286. The Morgan fingerprint density at radius 2 is 0.944 bits per heavy atom. The molecule has 0 aliphatic carbocycles. The summed E-state index contributed by atoms with van der Waals surface area (Å²) in [6.07, 6.45) is 50.9. The summed E-state index contributed by atoms with van der Waals surface area (Å²) in [7, 11) is -3.22. The van der Waals surface area contributed by atoms with Gasteiger partial charge in [0, 0.05) is 20.0 Å². The number of phosphoric ester groups is 1. The predicted molar refractivity (Wildman–Crippen MR) is 225 cm³/mol. The molecule has 8 nitrogen and oxygen atoms in total. The topological polar surface area (TPSA) is 108 Å². The average molecular weight is 777 g/mol. The Labute approximate surface area is 330 Å². The normalized spacial score (nSPS) is 14.1. The lowest BCUT2D eigenvalue weighted by atomic mass is 10.1. The van der Waals surface area contributed by atoms with E-state index >= 15 is 0 Å². The zero-order valence-corrected chi connectivity index (χ0v) is 35.2. The summed E-state index contributed by atoms with van der Waals surface area (Å²) < 4.78 is 31.9. The molecule has 0 amide bonds. The van der Waals surface area contributed by atoms with E-state index in [4.69, 9.17) is 14.0 Å². The summed E-state index contributed by atoms with van der Waals surface area (Å²) in [4.78, 5) is 34.5. The molecule has 0 spiro atoms. The van der Waals surface area contributed by atoms with E-state index in [0.29, 0.717) is 6.42 Å². The second-order valence-electron chi connectivity index (χ2n) is 13.7. The highest BCUT2D eigenvalue weighted by atomic mass is 31.2. The van der Waals surface area contributed by atoms with Crippen LogP contribution < -0.4 is 0 Å². The fraction of sp³-hybridized carbons (Fsp3) is 0.689. The maximum absolute atomic E-state index is 12.5. The van der Waals surface area contributed by atoms with E-state index in [1.165, 1.54) is 51.4 Å². The number of carbonyl (C=O) groups excluding carboxylic acids is 2. The highest BCUT2D eigenvalue weighted by Crippen LogP contribution is 2.42. The molecule has 0 bridgehead atoms. The highest BCUT2D eigenvalue weighted by Gasteiger charge is 2.24. The zero-order chi connectivity index (χ0) is 39.6. The summed E-state index contributed by atoms with van der Waals surface area (Å²) in [6.45, 7) is 3.73. The van der Waals surface area contributed by atoms with Gasteiger partial charge in [0.25, 0.3) is 0 Å². The molecule has 0 heterocycles. The summed E-state index contributed by atoms with van der Waals surface area (Å²) in [5.74, 6) is -0.856. The van der Waals surface area contributed by atoms with Crippen molar-refractivity contribution in [3.8, 4) is 0 Å². The summed E-state index contributed by atoms with van der Waals surface area (Å²) >= 11 is 0. The molecule has 0 saturated heterocycles. The number of phosphoric acid groups is 1. The molecule has 1 N–H and O–H groups in total. The summed E-state index contributed by atoms with van der Waals surface area (Å²) in [5.41, 5.74) is 0. The fourth-order valence-electron chi connectivity index (χ4n) is 5.44. The highest BCUT2D eigenvalue weighted by molar-refractivity contribution is 7.47. The Hall–Kier alpha value is -2.51. The van der Waals surface area contributed by atoms with E-state index in [0.717, 1.165) is 97.0 Å². The van der Waals surface area contributed by atoms with Crippen LogP contribution in [0.3, 0.4) is 0 Å². The smallest absolute Gasteiger partial charge is 0.462 e. The van der Waals surface area contributed by atoms with Crippen molar-refractivity contribution >= 4 is 19.8 Å². The number of allylic oxidation sites excluding steroid dienone is 12. The number of carbonyl (C=O) groups is 2. The maximum atomic E-state index is 12.5. The zero-order valence-electron chi connectivity index (χ0n) is 34.3. The van der Waals surface area contributed by atoms with Crippen molar-refractivity contribution < 1.29 is 37.6 Å². The summed E-state index contributed by atoms with van der Waals surface area (Å²) in [6, 6.07) is 0. The van der Waals surface area contributed by atoms with Gasteiger partial charge in [-0.05, 0) is 83.5 Å². The van der Waals surface area contributed by atoms with Crippen molar-refractivity contribution in [3.05, 3.63) is 72.9 Å². The number of ether oxygens (including phenoxy) is 2. The molecule has 310 valence electrons. The van der Waals surface area contributed by atoms with Crippen LogP contribution >= 0.6 is 7.82 Å². The first-order valence-corrected chi connectivity index (χ1v) is 22.6. The van der Waals surface area contributed by atoms with Crippen LogP contribution in [0.15, 0.2) is 72.9 Å². The van der Waals surface area contributed by atoms with Gasteiger partial charge < -0.3 is 14.4 Å². The van der Waals surface area contributed by atoms with E-state index in [1.807, 2.05) is 0 Å². The minimum atomic E-state index is -4.28. The van der Waals surface area contributed by atoms with Crippen LogP contribution in [-0.2, 0) is 32.7 Å². The lowest BCUT2D eigenvalue weighted by Crippen LogP contribution is -2.29. The molecule has 0 aromatic carbocycles. The molecule has 0 aliphatic heterocycles.